The number of nitrogens with one attached hydrogen (secondary N) is 2. The van der Waals surface area contributed by atoms with Crippen LogP contribution in [-0.2, 0) is 14.4 Å². The zero-order valence-corrected chi connectivity index (χ0v) is 13.5. The lowest BCUT2D eigenvalue weighted by Crippen LogP contribution is -2.48. The summed E-state index contributed by atoms with van der Waals surface area (Å²) in [7, 11) is 0. The minimum absolute atomic E-state index is 0.0213. The van der Waals surface area contributed by atoms with Crippen LogP contribution in [0, 0.1) is 0 Å². The number of hydrogen-bond acceptors (Lipinski definition) is 8. The standard InChI is InChI=1S/C12H23N3O7S/c1-6(16)9(18)10(19)11(20)15-3-2-14-8(17)5-23-4-7(13)12(21)22/h6-7,9-10,16,18-19H,2-5,13H2,1H3,(H,14,17)(H,15,20)(H,21,22)/t6-,7?,9-,10+/m0/s1. The fraction of sp³-hybridized carbons (Fsp3) is 0.750. The van der Waals surface area contributed by atoms with Crippen molar-refractivity contribution in [1.29, 1.82) is 0 Å². The lowest BCUT2D eigenvalue weighted by molar-refractivity contribution is -0.140. The van der Waals surface area contributed by atoms with Gasteiger partial charge in [0.2, 0.25) is 5.91 Å². The highest BCUT2D eigenvalue weighted by atomic mass is 32.2. The van der Waals surface area contributed by atoms with Crippen LogP contribution in [0.25, 0.3) is 0 Å². The molecule has 0 aliphatic rings. The molecule has 1 unspecified atom stereocenters. The number of thioether (sulfide) groups is 1. The summed E-state index contributed by atoms with van der Waals surface area (Å²) in [6.45, 7) is 1.34. The average molecular weight is 353 g/mol. The van der Waals surface area contributed by atoms with E-state index in [4.69, 9.17) is 15.9 Å². The van der Waals surface area contributed by atoms with Crippen LogP contribution in [0.15, 0.2) is 0 Å². The summed E-state index contributed by atoms with van der Waals surface area (Å²) in [6.07, 6.45) is -4.62. The molecule has 2 amide bonds. The van der Waals surface area contributed by atoms with Gasteiger partial charge in [-0.1, -0.05) is 0 Å². The van der Waals surface area contributed by atoms with Crippen LogP contribution in [0.1, 0.15) is 6.92 Å². The number of aliphatic carboxylic acids is 1. The van der Waals surface area contributed by atoms with Crippen molar-refractivity contribution in [3.8, 4) is 0 Å². The summed E-state index contributed by atoms with van der Waals surface area (Å²) in [5.41, 5.74) is 5.27. The predicted molar refractivity (Wildman–Crippen MR) is 82.7 cm³/mol. The number of amides is 2. The largest absolute Gasteiger partial charge is 0.480 e. The van der Waals surface area contributed by atoms with E-state index in [1.807, 2.05) is 0 Å². The van der Waals surface area contributed by atoms with Crippen molar-refractivity contribution in [1.82, 2.24) is 10.6 Å². The van der Waals surface area contributed by atoms with Crippen LogP contribution in [0.3, 0.4) is 0 Å². The second-order valence-electron chi connectivity index (χ2n) is 4.78. The fourth-order valence-electron chi connectivity index (χ4n) is 1.31. The van der Waals surface area contributed by atoms with Crippen LogP contribution in [0.2, 0.25) is 0 Å². The van der Waals surface area contributed by atoms with E-state index in [-0.39, 0.29) is 30.5 Å². The van der Waals surface area contributed by atoms with Crippen LogP contribution in [0.4, 0.5) is 0 Å². The highest BCUT2D eigenvalue weighted by molar-refractivity contribution is 8.00. The summed E-state index contributed by atoms with van der Waals surface area (Å²) >= 11 is 1.07. The van der Waals surface area contributed by atoms with Gasteiger partial charge in [0.15, 0.2) is 6.10 Å². The monoisotopic (exact) mass is 353 g/mol. The molecule has 8 N–H and O–H groups in total. The number of aliphatic hydroxyl groups is 3. The van der Waals surface area contributed by atoms with Gasteiger partial charge < -0.3 is 36.8 Å². The molecule has 11 heteroatoms. The Morgan fingerprint density at radius 1 is 1.13 bits per heavy atom. The molecule has 4 atom stereocenters. The van der Waals surface area contributed by atoms with Gasteiger partial charge in [-0.3, -0.25) is 14.4 Å². The maximum absolute atomic E-state index is 11.4. The lowest BCUT2D eigenvalue weighted by Gasteiger charge is -2.19. The Kier molecular flexibility index (Phi) is 10.5. The van der Waals surface area contributed by atoms with E-state index in [0.717, 1.165) is 11.8 Å². The molecule has 134 valence electrons. The Labute approximate surface area is 137 Å². The van der Waals surface area contributed by atoms with Crippen LogP contribution < -0.4 is 16.4 Å². The molecule has 0 spiro atoms. The van der Waals surface area contributed by atoms with Gasteiger partial charge in [-0.15, -0.1) is 11.8 Å². The summed E-state index contributed by atoms with van der Waals surface area (Å²) in [5.74, 6) is -2.24. The maximum atomic E-state index is 11.4. The molecular weight excluding hydrogens is 330 g/mol. The van der Waals surface area contributed by atoms with Crippen molar-refractivity contribution in [2.24, 2.45) is 5.73 Å². The van der Waals surface area contributed by atoms with E-state index >= 15 is 0 Å². The number of carboxylic acid groups (broad SMARTS) is 1. The van der Waals surface area contributed by atoms with Gasteiger partial charge in [-0.2, -0.15) is 0 Å². The number of carboxylic acids is 1. The second kappa shape index (κ2) is 11.2. The molecule has 0 saturated carbocycles. The SMILES string of the molecule is C[C@H](O)[C@H](O)[C@@H](O)C(=O)NCCNC(=O)CSCC(N)C(=O)O. The molecule has 0 aromatic heterocycles. The topological polar surface area (TPSA) is 182 Å². The molecule has 0 aromatic carbocycles. The van der Waals surface area contributed by atoms with Gasteiger partial charge in [-0.05, 0) is 6.92 Å². The number of carbonyl (C=O) groups excluding carboxylic acids is 2. The molecule has 0 bridgehead atoms. The fourth-order valence-corrected chi connectivity index (χ4v) is 2.11. The summed E-state index contributed by atoms with van der Waals surface area (Å²) in [5, 5.41) is 41.1. The third kappa shape index (κ3) is 9.36. The lowest BCUT2D eigenvalue weighted by atomic mass is 10.1. The number of rotatable bonds is 11. The molecule has 10 nitrogen and oxygen atoms in total. The van der Waals surface area contributed by atoms with Crippen LogP contribution in [-0.4, -0.2) is 87.2 Å². The van der Waals surface area contributed by atoms with Crippen molar-refractivity contribution >= 4 is 29.5 Å². The van der Waals surface area contributed by atoms with Gasteiger partial charge in [0, 0.05) is 18.8 Å². The highest BCUT2D eigenvalue weighted by Gasteiger charge is 2.27. The second-order valence-corrected chi connectivity index (χ2v) is 5.81. The molecule has 0 fully saturated rings. The van der Waals surface area contributed by atoms with E-state index in [2.05, 4.69) is 10.6 Å². The Balaban J connectivity index is 3.80. The molecule has 0 rings (SSSR count). The normalized spacial score (nSPS) is 16.0. The quantitative estimate of drug-likeness (QED) is 0.185. The van der Waals surface area contributed by atoms with Gasteiger partial charge >= 0.3 is 5.97 Å². The smallest absolute Gasteiger partial charge is 0.321 e. The molecule has 23 heavy (non-hydrogen) atoms. The summed E-state index contributed by atoms with van der Waals surface area (Å²) < 4.78 is 0. The molecule has 0 aliphatic carbocycles. The van der Waals surface area contributed by atoms with Crippen LogP contribution in [0.5, 0.6) is 0 Å². The summed E-state index contributed by atoms with van der Waals surface area (Å²) in [4.78, 5) is 33.3. The number of carbonyl (C=O) groups is 3. The Morgan fingerprint density at radius 3 is 2.22 bits per heavy atom. The van der Waals surface area contributed by atoms with Gasteiger partial charge in [0.1, 0.15) is 12.1 Å². The zero-order chi connectivity index (χ0) is 18.0. The van der Waals surface area contributed by atoms with E-state index in [0.29, 0.717) is 0 Å². The van der Waals surface area contributed by atoms with Crippen molar-refractivity contribution in [2.75, 3.05) is 24.6 Å². The molecule has 0 heterocycles. The first kappa shape index (κ1) is 21.6. The van der Waals surface area contributed by atoms with E-state index in [1.165, 1.54) is 6.92 Å². The maximum Gasteiger partial charge on any atom is 0.321 e. The predicted octanol–water partition coefficient (Wildman–Crippen LogP) is -3.53. The van der Waals surface area contributed by atoms with Crippen molar-refractivity contribution in [3.05, 3.63) is 0 Å². The average Bonchev–Trinajstić information content (AvgIpc) is 2.49. The summed E-state index contributed by atoms with van der Waals surface area (Å²) in [6, 6.07) is -1.03. The van der Waals surface area contributed by atoms with E-state index in [1.54, 1.807) is 0 Å². The van der Waals surface area contributed by atoms with Crippen molar-refractivity contribution in [3.63, 3.8) is 0 Å². The number of aliphatic hydroxyl groups excluding tert-OH is 3. The third-order valence-corrected chi connectivity index (χ3v) is 3.74. The highest BCUT2D eigenvalue weighted by Crippen LogP contribution is 2.01. The molecule has 0 aromatic rings. The number of nitrogens with two attached hydrogens (primary N) is 1. The van der Waals surface area contributed by atoms with Crippen molar-refractivity contribution in [2.45, 2.75) is 31.3 Å². The number of hydrogen-bond donors (Lipinski definition) is 7. The first-order valence-corrected chi connectivity index (χ1v) is 7.97. The third-order valence-electron chi connectivity index (χ3n) is 2.68. The van der Waals surface area contributed by atoms with Crippen LogP contribution >= 0.6 is 11.8 Å². The molecule has 0 saturated heterocycles. The Morgan fingerprint density at radius 2 is 1.70 bits per heavy atom. The first-order chi connectivity index (χ1) is 10.7. The van der Waals surface area contributed by atoms with E-state index in [9.17, 15) is 24.6 Å². The minimum atomic E-state index is -1.77. The molecule has 0 aliphatic heterocycles. The first-order valence-electron chi connectivity index (χ1n) is 6.81. The molecule has 0 radical (unpaired) electrons. The zero-order valence-electron chi connectivity index (χ0n) is 12.6. The van der Waals surface area contributed by atoms with Crippen molar-refractivity contribution < 1.29 is 34.8 Å². The van der Waals surface area contributed by atoms with E-state index < -0.39 is 36.2 Å². The van der Waals surface area contributed by atoms with Gasteiger partial charge in [0.05, 0.1) is 11.9 Å². The van der Waals surface area contributed by atoms with Gasteiger partial charge in [-0.25, -0.2) is 0 Å². The van der Waals surface area contributed by atoms with Gasteiger partial charge in [0.25, 0.3) is 5.91 Å². The Bertz CT molecular complexity index is 408. The molecular formula is C12H23N3O7S. The minimum Gasteiger partial charge on any atom is -0.480 e. The Hall–Kier alpha value is -1.40.